The molecule has 3 aromatic rings. The Balaban J connectivity index is 1.58. The smallest absolute Gasteiger partial charge is 0.270 e. The maximum atomic E-state index is 13.3. The van der Waals surface area contributed by atoms with Gasteiger partial charge in [-0.3, -0.25) is 19.8 Å². The third kappa shape index (κ3) is 6.03. The Hall–Kier alpha value is -3.21. The fourth-order valence-corrected chi connectivity index (χ4v) is 5.69. The molecule has 3 aromatic carbocycles. The number of carbonyl (C=O) groups excluding carboxylic acids is 1. The quantitative estimate of drug-likeness (QED) is 0.116. The number of amides is 1. The van der Waals surface area contributed by atoms with E-state index in [1.807, 2.05) is 51.1 Å². The summed E-state index contributed by atoms with van der Waals surface area (Å²) >= 11 is 10.4. The Morgan fingerprint density at radius 3 is 2.49 bits per heavy atom. The summed E-state index contributed by atoms with van der Waals surface area (Å²) in [6.45, 7) is 6.46. The second kappa shape index (κ2) is 11.5. The van der Waals surface area contributed by atoms with E-state index in [4.69, 9.17) is 21.7 Å². The van der Waals surface area contributed by atoms with E-state index in [1.54, 1.807) is 23.1 Å². The van der Waals surface area contributed by atoms with E-state index >= 15 is 0 Å². The van der Waals surface area contributed by atoms with Crippen LogP contribution in [0, 0.1) is 24.0 Å². The molecule has 0 bridgehead atoms. The highest BCUT2D eigenvalue weighted by Crippen LogP contribution is 2.41. The van der Waals surface area contributed by atoms with Crippen molar-refractivity contribution in [3.8, 4) is 11.5 Å². The van der Waals surface area contributed by atoms with E-state index in [2.05, 4.69) is 15.9 Å². The minimum Gasteiger partial charge on any atom is -0.490 e. The molecule has 0 saturated carbocycles. The number of nitro benzene ring substituents is 1. The van der Waals surface area contributed by atoms with Crippen molar-refractivity contribution in [1.29, 1.82) is 0 Å². The number of nitrogens with zero attached hydrogens (tertiary/aromatic N) is 2. The minimum absolute atomic E-state index is 0.0206. The van der Waals surface area contributed by atoms with E-state index < -0.39 is 4.92 Å². The monoisotopic (exact) mass is 598 g/mol. The van der Waals surface area contributed by atoms with Crippen LogP contribution in [0.5, 0.6) is 11.5 Å². The van der Waals surface area contributed by atoms with Crippen molar-refractivity contribution in [3.63, 3.8) is 0 Å². The van der Waals surface area contributed by atoms with Gasteiger partial charge in [0.1, 0.15) is 6.61 Å². The predicted molar refractivity (Wildman–Crippen MR) is 154 cm³/mol. The first-order valence-electron chi connectivity index (χ1n) is 11.4. The molecule has 1 aliphatic heterocycles. The number of nitro groups is 1. The van der Waals surface area contributed by atoms with Gasteiger partial charge in [0.25, 0.3) is 11.6 Å². The van der Waals surface area contributed by atoms with Crippen LogP contribution in [0.2, 0.25) is 0 Å². The number of thiocarbonyl (C=S) groups is 1. The minimum atomic E-state index is -0.442. The van der Waals surface area contributed by atoms with Gasteiger partial charge in [0, 0.05) is 12.1 Å². The first kappa shape index (κ1) is 26.8. The van der Waals surface area contributed by atoms with Gasteiger partial charge in [0.05, 0.1) is 26.6 Å². The summed E-state index contributed by atoms with van der Waals surface area (Å²) < 4.78 is 13.0. The molecule has 1 aliphatic rings. The van der Waals surface area contributed by atoms with Crippen molar-refractivity contribution in [2.75, 3.05) is 11.5 Å². The number of benzene rings is 3. The molecule has 1 heterocycles. The molecule has 0 radical (unpaired) electrons. The molecule has 37 heavy (non-hydrogen) atoms. The van der Waals surface area contributed by atoms with Gasteiger partial charge < -0.3 is 9.47 Å². The number of anilines is 1. The first-order chi connectivity index (χ1) is 17.7. The van der Waals surface area contributed by atoms with Gasteiger partial charge in [-0.15, -0.1) is 0 Å². The summed E-state index contributed by atoms with van der Waals surface area (Å²) in [5.74, 6) is 0.838. The number of rotatable bonds is 8. The Labute approximate surface area is 232 Å². The molecular weight excluding hydrogens is 576 g/mol. The van der Waals surface area contributed by atoms with E-state index in [0.717, 1.165) is 27.9 Å². The van der Waals surface area contributed by atoms with Crippen molar-refractivity contribution >= 4 is 67.6 Å². The molecule has 4 rings (SSSR count). The van der Waals surface area contributed by atoms with Crippen molar-refractivity contribution in [2.45, 2.75) is 27.4 Å². The van der Waals surface area contributed by atoms with Crippen LogP contribution in [0.15, 0.2) is 64.0 Å². The summed E-state index contributed by atoms with van der Waals surface area (Å²) in [5, 5.41) is 10.9. The SMILES string of the molecule is CCOc1cc(/C=C2\SC(=S)N(c3ccc(C)cc3C)C2=O)cc(Br)c1OCc1ccc([N+](=O)[O-])cc1. The van der Waals surface area contributed by atoms with E-state index in [0.29, 0.717) is 31.8 Å². The van der Waals surface area contributed by atoms with E-state index in [-0.39, 0.29) is 18.2 Å². The van der Waals surface area contributed by atoms with Crippen LogP contribution < -0.4 is 14.4 Å². The molecule has 0 spiro atoms. The maximum absolute atomic E-state index is 13.3. The lowest BCUT2D eigenvalue weighted by atomic mass is 10.1. The van der Waals surface area contributed by atoms with Crippen molar-refractivity contribution in [3.05, 3.63) is 96.3 Å². The highest BCUT2D eigenvalue weighted by atomic mass is 79.9. The molecule has 1 amide bonds. The van der Waals surface area contributed by atoms with Crippen LogP contribution >= 0.6 is 39.9 Å². The summed E-state index contributed by atoms with van der Waals surface area (Å²) in [5.41, 5.74) is 4.42. The van der Waals surface area contributed by atoms with Gasteiger partial charge >= 0.3 is 0 Å². The maximum Gasteiger partial charge on any atom is 0.270 e. The van der Waals surface area contributed by atoms with Gasteiger partial charge in [-0.1, -0.05) is 41.7 Å². The van der Waals surface area contributed by atoms with Gasteiger partial charge in [-0.25, -0.2) is 0 Å². The van der Waals surface area contributed by atoms with Gasteiger partial charge in [0.2, 0.25) is 0 Å². The van der Waals surface area contributed by atoms with Crippen LogP contribution in [-0.4, -0.2) is 21.8 Å². The van der Waals surface area contributed by atoms with Crippen molar-refractivity contribution < 1.29 is 19.2 Å². The molecule has 7 nitrogen and oxygen atoms in total. The lowest BCUT2D eigenvalue weighted by molar-refractivity contribution is -0.384. The van der Waals surface area contributed by atoms with Gasteiger partial charge in [0.15, 0.2) is 15.8 Å². The number of aryl methyl sites for hydroxylation is 2. The summed E-state index contributed by atoms with van der Waals surface area (Å²) in [4.78, 5) is 25.8. The van der Waals surface area contributed by atoms with Crippen molar-refractivity contribution in [2.24, 2.45) is 0 Å². The van der Waals surface area contributed by atoms with Crippen molar-refractivity contribution in [1.82, 2.24) is 0 Å². The summed E-state index contributed by atoms with van der Waals surface area (Å²) in [7, 11) is 0. The standard InChI is InChI=1S/C27H23BrN2O5S2/c1-4-34-23-13-19(12-21(28)25(23)35-15-18-6-8-20(9-7-18)30(32)33)14-24-26(31)29(27(36)37-24)22-10-5-16(2)11-17(22)3/h5-14H,4,15H2,1-3H3/b24-14-. The number of thioether (sulfide) groups is 1. The number of hydrogen-bond acceptors (Lipinski definition) is 7. The molecule has 190 valence electrons. The second-order valence-corrected chi connectivity index (χ2v) is 10.8. The lowest BCUT2D eigenvalue weighted by Crippen LogP contribution is -2.28. The molecule has 0 aromatic heterocycles. The zero-order valence-corrected chi connectivity index (χ0v) is 23.5. The van der Waals surface area contributed by atoms with Gasteiger partial charge in [-0.05, 0) is 89.8 Å². The highest BCUT2D eigenvalue weighted by molar-refractivity contribution is 9.10. The average molecular weight is 600 g/mol. The van der Waals surface area contributed by atoms with Gasteiger partial charge in [-0.2, -0.15) is 0 Å². The van der Waals surface area contributed by atoms with E-state index in [1.165, 1.54) is 23.9 Å². The number of halogens is 1. The van der Waals surface area contributed by atoms with Crippen LogP contribution in [0.1, 0.15) is 29.2 Å². The summed E-state index contributed by atoms with van der Waals surface area (Å²) in [6.07, 6.45) is 1.79. The third-order valence-corrected chi connectivity index (χ3v) is 7.44. The Morgan fingerprint density at radius 2 is 1.84 bits per heavy atom. The molecule has 1 saturated heterocycles. The van der Waals surface area contributed by atoms with Crippen LogP contribution in [0.3, 0.4) is 0 Å². The fourth-order valence-electron chi connectivity index (χ4n) is 3.83. The van der Waals surface area contributed by atoms with Crippen LogP contribution in [0.25, 0.3) is 6.08 Å². The first-order valence-corrected chi connectivity index (χ1v) is 13.4. The fraction of sp³-hybridized carbons (Fsp3) is 0.185. The van der Waals surface area contributed by atoms with Crippen LogP contribution in [-0.2, 0) is 11.4 Å². The average Bonchev–Trinajstić information content (AvgIpc) is 3.11. The van der Waals surface area contributed by atoms with Crippen LogP contribution in [0.4, 0.5) is 11.4 Å². The number of carbonyl (C=O) groups is 1. The zero-order valence-electron chi connectivity index (χ0n) is 20.3. The normalized spacial score (nSPS) is 14.4. The number of hydrogen-bond donors (Lipinski definition) is 0. The molecule has 10 heteroatoms. The Morgan fingerprint density at radius 1 is 1.11 bits per heavy atom. The predicted octanol–water partition coefficient (Wildman–Crippen LogP) is 7.36. The molecular formula is C27H23BrN2O5S2. The molecule has 0 aliphatic carbocycles. The third-order valence-electron chi connectivity index (χ3n) is 5.55. The number of ether oxygens (including phenoxy) is 2. The second-order valence-electron chi connectivity index (χ2n) is 8.28. The summed E-state index contributed by atoms with van der Waals surface area (Å²) in [6, 6.07) is 15.7. The Bertz CT molecular complexity index is 1420. The van der Waals surface area contributed by atoms with E-state index in [9.17, 15) is 14.9 Å². The molecule has 0 unspecified atom stereocenters. The molecule has 0 N–H and O–H groups in total. The zero-order chi connectivity index (χ0) is 26.7. The largest absolute Gasteiger partial charge is 0.490 e. The molecule has 0 atom stereocenters. The Kier molecular flexibility index (Phi) is 8.31. The highest BCUT2D eigenvalue weighted by Gasteiger charge is 2.34. The lowest BCUT2D eigenvalue weighted by Gasteiger charge is -2.17. The number of non-ortho nitro benzene ring substituents is 1. The topological polar surface area (TPSA) is 81.9 Å². The molecule has 1 fully saturated rings.